The van der Waals surface area contributed by atoms with Crippen molar-refractivity contribution in [3.8, 4) is 28.4 Å². The minimum Gasteiger partial charge on any atom is -0.505 e. The Kier molecular flexibility index (Phi) is 5.74. The molecule has 7 heteroatoms. The van der Waals surface area contributed by atoms with Crippen LogP contribution in [-0.2, 0) is 0 Å². The van der Waals surface area contributed by atoms with Gasteiger partial charge in [0.1, 0.15) is 5.69 Å². The Balaban J connectivity index is 1.59. The van der Waals surface area contributed by atoms with Crippen LogP contribution in [0, 0.1) is 13.8 Å². The summed E-state index contributed by atoms with van der Waals surface area (Å²) in [6.07, 6.45) is 0. The van der Waals surface area contributed by atoms with Gasteiger partial charge in [0.05, 0.1) is 11.1 Å². The average molecular weight is 478 g/mol. The van der Waals surface area contributed by atoms with Crippen LogP contribution in [0.1, 0.15) is 21.5 Å². The number of carboxylic acids is 1. The van der Waals surface area contributed by atoms with E-state index in [0.29, 0.717) is 22.2 Å². The van der Waals surface area contributed by atoms with E-state index in [1.807, 2.05) is 56.3 Å². The highest BCUT2D eigenvalue weighted by atomic mass is 16.4. The first-order chi connectivity index (χ1) is 17.3. The number of nitrogens with zero attached hydrogens (tertiary/aromatic N) is 3. The predicted molar refractivity (Wildman–Crippen MR) is 139 cm³/mol. The molecular weight excluding hydrogens is 454 g/mol. The van der Waals surface area contributed by atoms with Gasteiger partial charge in [0, 0.05) is 16.6 Å². The van der Waals surface area contributed by atoms with Gasteiger partial charge in [-0.2, -0.15) is 0 Å². The van der Waals surface area contributed by atoms with Gasteiger partial charge in [-0.15, -0.1) is 10.2 Å². The van der Waals surface area contributed by atoms with Crippen LogP contribution in [0.5, 0.6) is 11.6 Å². The molecule has 0 aliphatic carbocycles. The normalized spacial score (nSPS) is 11.4. The second-order valence-corrected chi connectivity index (χ2v) is 8.63. The quantitative estimate of drug-likeness (QED) is 0.229. The van der Waals surface area contributed by atoms with Crippen molar-refractivity contribution < 1.29 is 20.1 Å². The SMILES string of the molecule is Cc1cc(C)cc(-c2cccc(N=Nc3c(O)n(-c4ccc(C(=O)O)cc4)c4ccccc34)c2O)c1. The van der Waals surface area contributed by atoms with Crippen molar-refractivity contribution in [1.82, 2.24) is 4.57 Å². The number of rotatable bonds is 5. The summed E-state index contributed by atoms with van der Waals surface area (Å²) in [5.74, 6) is -1.17. The first-order valence-electron chi connectivity index (χ1n) is 11.3. The standard InChI is InChI=1S/C29H23N3O4/c1-17-14-18(2)16-20(15-17)22-7-5-8-24(27(22)33)30-31-26-23-6-3-4-9-25(23)32(28(26)34)21-12-10-19(11-13-21)29(35)36/h3-16,33-34H,1-2H3,(H,35,36). The van der Waals surface area contributed by atoms with Gasteiger partial charge in [-0.05, 0) is 55.8 Å². The van der Waals surface area contributed by atoms with E-state index >= 15 is 0 Å². The van der Waals surface area contributed by atoms with Crippen LogP contribution in [0.3, 0.4) is 0 Å². The van der Waals surface area contributed by atoms with E-state index in [1.54, 1.807) is 28.8 Å². The number of para-hydroxylation sites is 2. The molecule has 0 radical (unpaired) electrons. The highest BCUT2D eigenvalue weighted by molar-refractivity contribution is 5.96. The Morgan fingerprint density at radius 2 is 1.50 bits per heavy atom. The molecule has 1 heterocycles. The number of phenolic OH excluding ortho intramolecular Hbond substituents is 1. The number of aromatic carboxylic acids is 1. The lowest BCUT2D eigenvalue weighted by atomic mass is 9.99. The summed E-state index contributed by atoms with van der Waals surface area (Å²) in [4.78, 5) is 11.2. The summed E-state index contributed by atoms with van der Waals surface area (Å²) in [6, 6.07) is 24.9. The van der Waals surface area contributed by atoms with Crippen molar-refractivity contribution in [2.75, 3.05) is 0 Å². The third-order valence-electron chi connectivity index (χ3n) is 6.00. The molecule has 1 aromatic heterocycles. The van der Waals surface area contributed by atoms with Crippen LogP contribution in [-0.4, -0.2) is 25.9 Å². The zero-order chi connectivity index (χ0) is 25.4. The number of benzene rings is 4. The third kappa shape index (κ3) is 4.07. The number of aromatic hydroxyl groups is 2. The van der Waals surface area contributed by atoms with Crippen LogP contribution < -0.4 is 0 Å². The minimum absolute atomic E-state index is 0.00117. The fourth-order valence-corrected chi connectivity index (χ4v) is 4.40. The summed E-state index contributed by atoms with van der Waals surface area (Å²) >= 11 is 0. The zero-order valence-electron chi connectivity index (χ0n) is 19.7. The van der Waals surface area contributed by atoms with Crippen LogP contribution in [0.25, 0.3) is 27.7 Å². The second-order valence-electron chi connectivity index (χ2n) is 8.63. The van der Waals surface area contributed by atoms with Gasteiger partial charge in [-0.1, -0.05) is 59.7 Å². The number of carbonyl (C=O) groups is 1. The van der Waals surface area contributed by atoms with Gasteiger partial charge in [0.25, 0.3) is 0 Å². The number of hydrogen-bond donors (Lipinski definition) is 3. The Labute approximate surface area is 207 Å². The molecule has 5 rings (SSSR count). The molecule has 178 valence electrons. The summed E-state index contributed by atoms with van der Waals surface area (Å²) in [6.45, 7) is 4.01. The van der Waals surface area contributed by atoms with Crippen LogP contribution >= 0.6 is 0 Å². The third-order valence-corrected chi connectivity index (χ3v) is 6.00. The van der Waals surface area contributed by atoms with Crippen LogP contribution in [0.15, 0.2) is 95.2 Å². The number of fused-ring (bicyclic) bond motifs is 1. The first-order valence-corrected chi connectivity index (χ1v) is 11.3. The van der Waals surface area contributed by atoms with Crippen molar-refractivity contribution in [3.63, 3.8) is 0 Å². The lowest BCUT2D eigenvalue weighted by molar-refractivity contribution is 0.0697. The van der Waals surface area contributed by atoms with E-state index in [1.165, 1.54) is 12.1 Å². The van der Waals surface area contributed by atoms with E-state index in [2.05, 4.69) is 16.3 Å². The number of aryl methyl sites for hydroxylation is 2. The second kappa shape index (κ2) is 9.03. The number of carboxylic acid groups (broad SMARTS) is 1. The summed E-state index contributed by atoms with van der Waals surface area (Å²) in [5, 5.41) is 40.5. The molecule has 0 bridgehead atoms. The highest BCUT2D eigenvalue weighted by Gasteiger charge is 2.18. The lowest BCUT2D eigenvalue weighted by Crippen LogP contribution is -1.98. The minimum atomic E-state index is -1.03. The molecule has 36 heavy (non-hydrogen) atoms. The van der Waals surface area contributed by atoms with Gasteiger partial charge in [-0.3, -0.25) is 4.57 Å². The highest BCUT2D eigenvalue weighted by Crippen LogP contribution is 2.43. The Hall–Kier alpha value is -4.91. The maximum absolute atomic E-state index is 11.2. The molecule has 4 aromatic carbocycles. The topological polar surface area (TPSA) is 107 Å². The molecule has 0 spiro atoms. The van der Waals surface area contributed by atoms with E-state index in [9.17, 15) is 20.1 Å². The van der Waals surface area contributed by atoms with E-state index in [0.717, 1.165) is 16.7 Å². The van der Waals surface area contributed by atoms with Crippen molar-refractivity contribution in [3.05, 3.63) is 102 Å². The van der Waals surface area contributed by atoms with Gasteiger partial charge in [-0.25, -0.2) is 4.79 Å². The molecule has 0 saturated heterocycles. The van der Waals surface area contributed by atoms with Gasteiger partial charge in [0.15, 0.2) is 11.4 Å². The molecule has 0 fully saturated rings. The predicted octanol–water partition coefficient (Wildman–Crippen LogP) is 7.44. The Bertz CT molecular complexity index is 1630. The smallest absolute Gasteiger partial charge is 0.335 e. The molecule has 0 unspecified atom stereocenters. The molecule has 0 aliphatic heterocycles. The van der Waals surface area contributed by atoms with Gasteiger partial charge < -0.3 is 15.3 Å². The van der Waals surface area contributed by atoms with Crippen molar-refractivity contribution >= 4 is 28.2 Å². The molecule has 5 aromatic rings. The van der Waals surface area contributed by atoms with E-state index in [-0.39, 0.29) is 28.6 Å². The number of aromatic nitrogens is 1. The van der Waals surface area contributed by atoms with E-state index < -0.39 is 5.97 Å². The molecule has 0 amide bonds. The molecule has 0 atom stereocenters. The molecule has 7 nitrogen and oxygen atoms in total. The van der Waals surface area contributed by atoms with Crippen molar-refractivity contribution in [2.24, 2.45) is 10.2 Å². The molecule has 0 saturated carbocycles. The fraction of sp³-hybridized carbons (Fsp3) is 0.0690. The van der Waals surface area contributed by atoms with Gasteiger partial charge >= 0.3 is 5.97 Å². The number of azo groups is 1. The van der Waals surface area contributed by atoms with Gasteiger partial charge in [0.2, 0.25) is 5.88 Å². The van der Waals surface area contributed by atoms with E-state index in [4.69, 9.17) is 0 Å². The molecule has 0 aliphatic rings. The lowest BCUT2D eigenvalue weighted by Gasteiger charge is -2.09. The number of phenols is 1. The maximum atomic E-state index is 11.2. The largest absolute Gasteiger partial charge is 0.505 e. The first kappa shape index (κ1) is 22.9. The molecule has 3 N–H and O–H groups in total. The number of hydrogen-bond acceptors (Lipinski definition) is 5. The fourth-order valence-electron chi connectivity index (χ4n) is 4.40. The maximum Gasteiger partial charge on any atom is 0.335 e. The van der Waals surface area contributed by atoms with Crippen molar-refractivity contribution in [1.29, 1.82) is 0 Å². The van der Waals surface area contributed by atoms with Crippen LogP contribution in [0.2, 0.25) is 0 Å². The van der Waals surface area contributed by atoms with Crippen LogP contribution in [0.4, 0.5) is 11.4 Å². The summed E-state index contributed by atoms with van der Waals surface area (Å²) in [5.41, 5.74) is 5.62. The zero-order valence-corrected chi connectivity index (χ0v) is 19.7. The van der Waals surface area contributed by atoms with Crippen molar-refractivity contribution in [2.45, 2.75) is 13.8 Å². The summed E-state index contributed by atoms with van der Waals surface area (Å²) < 4.78 is 1.58. The Morgan fingerprint density at radius 3 is 2.19 bits per heavy atom. The average Bonchev–Trinajstić information content (AvgIpc) is 3.14. The summed E-state index contributed by atoms with van der Waals surface area (Å²) in [7, 11) is 0. The Morgan fingerprint density at radius 1 is 0.806 bits per heavy atom. The molecular formula is C29H23N3O4. The monoisotopic (exact) mass is 477 g/mol.